The number of nitrogen functional groups attached to an aromatic ring is 1. The molecule has 3 rings (SSSR count). The van der Waals surface area contributed by atoms with Crippen LogP contribution in [0.3, 0.4) is 0 Å². The highest BCUT2D eigenvalue weighted by Crippen LogP contribution is 2.22. The Balaban J connectivity index is 2.01. The molecule has 1 aliphatic heterocycles. The van der Waals surface area contributed by atoms with Gasteiger partial charge in [0.25, 0.3) is 5.56 Å². The zero-order valence-corrected chi connectivity index (χ0v) is 18.0. The van der Waals surface area contributed by atoms with Crippen molar-refractivity contribution in [2.24, 2.45) is 0 Å². The van der Waals surface area contributed by atoms with Crippen LogP contribution in [-0.4, -0.2) is 28.1 Å². The van der Waals surface area contributed by atoms with E-state index in [0.717, 1.165) is 48.0 Å². The zero-order chi connectivity index (χ0) is 21.8. The molecule has 162 valence electrons. The van der Waals surface area contributed by atoms with Crippen molar-refractivity contribution in [1.29, 1.82) is 0 Å². The predicted octanol–water partition coefficient (Wildman–Crippen LogP) is 2.25. The van der Waals surface area contributed by atoms with Gasteiger partial charge in [-0.2, -0.15) is 0 Å². The lowest BCUT2D eigenvalue weighted by Gasteiger charge is -2.30. The molecule has 0 spiro atoms. The van der Waals surface area contributed by atoms with Gasteiger partial charge in [0.15, 0.2) is 0 Å². The highest BCUT2D eigenvalue weighted by molar-refractivity contribution is 5.92. The van der Waals surface area contributed by atoms with Crippen LogP contribution in [0, 0.1) is 13.8 Å². The Morgan fingerprint density at radius 2 is 1.70 bits per heavy atom. The topological polar surface area (TPSA) is 102 Å². The minimum Gasteiger partial charge on any atom is -0.383 e. The van der Waals surface area contributed by atoms with Crippen LogP contribution in [0.5, 0.6) is 0 Å². The number of para-hydroxylation sites is 1. The fourth-order valence-corrected chi connectivity index (χ4v) is 4.03. The van der Waals surface area contributed by atoms with Gasteiger partial charge >= 0.3 is 5.69 Å². The summed E-state index contributed by atoms with van der Waals surface area (Å²) in [5.74, 6) is -0.218. The van der Waals surface area contributed by atoms with Crippen molar-refractivity contribution in [3.63, 3.8) is 0 Å². The maximum Gasteiger partial charge on any atom is 0.333 e. The van der Waals surface area contributed by atoms with Gasteiger partial charge in [0.1, 0.15) is 18.1 Å². The molecule has 3 N–H and O–H groups in total. The number of aryl methyl sites for hydroxylation is 2. The molecular weight excluding hydrogens is 382 g/mol. The lowest BCUT2D eigenvalue weighted by molar-refractivity contribution is -0.116. The average Bonchev–Trinajstić information content (AvgIpc) is 2.72. The Bertz CT molecular complexity index is 1030. The van der Waals surface area contributed by atoms with E-state index in [2.05, 4.69) is 5.32 Å². The van der Waals surface area contributed by atoms with Gasteiger partial charge in [0.05, 0.1) is 0 Å². The molecule has 2 aromatic rings. The monoisotopic (exact) mass is 413 g/mol. The number of rotatable bonds is 6. The van der Waals surface area contributed by atoms with Crippen LogP contribution in [-0.2, 0) is 17.9 Å². The fraction of sp³-hybridized carbons (Fsp3) is 0.500. The van der Waals surface area contributed by atoms with Crippen LogP contribution in [0.2, 0.25) is 0 Å². The van der Waals surface area contributed by atoms with Crippen molar-refractivity contribution in [2.75, 3.05) is 29.0 Å². The fourth-order valence-electron chi connectivity index (χ4n) is 4.03. The third kappa shape index (κ3) is 4.27. The van der Waals surface area contributed by atoms with E-state index < -0.39 is 17.2 Å². The smallest absolute Gasteiger partial charge is 0.333 e. The summed E-state index contributed by atoms with van der Waals surface area (Å²) in [5.41, 5.74) is 8.11. The quantitative estimate of drug-likeness (QED) is 0.756. The molecule has 0 bridgehead atoms. The number of nitrogens with zero attached hydrogens (tertiary/aromatic N) is 3. The molecule has 1 saturated heterocycles. The lowest BCUT2D eigenvalue weighted by Crippen LogP contribution is -2.47. The van der Waals surface area contributed by atoms with Crippen LogP contribution in [0.15, 0.2) is 27.8 Å². The Morgan fingerprint density at radius 3 is 2.30 bits per heavy atom. The lowest BCUT2D eigenvalue weighted by atomic mass is 10.1. The van der Waals surface area contributed by atoms with Gasteiger partial charge in [-0.05, 0) is 50.7 Å². The Kier molecular flexibility index (Phi) is 6.64. The summed E-state index contributed by atoms with van der Waals surface area (Å²) in [4.78, 5) is 41.0. The number of piperidine rings is 1. The third-order valence-electron chi connectivity index (χ3n) is 5.61. The number of amides is 1. The number of nitrogens with two attached hydrogens (primary N) is 1. The van der Waals surface area contributed by atoms with E-state index in [0.29, 0.717) is 24.3 Å². The first-order valence-corrected chi connectivity index (χ1v) is 10.6. The molecule has 0 radical (unpaired) electrons. The number of aromatic nitrogens is 2. The molecule has 0 saturated carbocycles. The second kappa shape index (κ2) is 9.19. The maximum atomic E-state index is 13.2. The minimum atomic E-state index is -0.545. The van der Waals surface area contributed by atoms with Crippen LogP contribution in [0.4, 0.5) is 17.2 Å². The van der Waals surface area contributed by atoms with Crippen molar-refractivity contribution in [3.05, 3.63) is 50.2 Å². The van der Waals surface area contributed by atoms with Crippen molar-refractivity contribution in [1.82, 2.24) is 9.13 Å². The van der Waals surface area contributed by atoms with E-state index in [1.807, 2.05) is 43.9 Å². The van der Waals surface area contributed by atoms with Crippen molar-refractivity contribution in [3.8, 4) is 0 Å². The van der Waals surface area contributed by atoms with E-state index in [4.69, 9.17) is 5.73 Å². The summed E-state index contributed by atoms with van der Waals surface area (Å²) in [6.07, 6.45) is 3.74. The number of carbonyl (C=O) groups is 1. The number of nitrogens with one attached hydrogen (secondary N) is 1. The highest BCUT2D eigenvalue weighted by Gasteiger charge is 2.24. The molecule has 1 aromatic carbocycles. The number of hydrogen-bond acceptors (Lipinski definition) is 5. The van der Waals surface area contributed by atoms with E-state index in [9.17, 15) is 14.4 Å². The molecule has 2 heterocycles. The highest BCUT2D eigenvalue weighted by atomic mass is 16.2. The zero-order valence-electron chi connectivity index (χ0n) is 18.0. The number of benzene rings is 1. The molecule has 0 unspecified atom stereocenters. The molecule has 1 fully saturated rings. The SMILES string of the molecule is CCCn1c(N)c(N2CCCCC2)c(=O)n(CC(=O)Nc2c(C)cccc2C)c1=O. The summed E-state index contributed by atoms with van der Waals surface area (Å²) in [6, 6.07) is 5.72. The van der Waals surface area contributed by atoms with Crippen LogP contribution < -0.4 is 27.2 Å². The second-order valence-electron chi connectivity index (χ2n) is 7.92. The van der Waals surface area contributed by atoms with Crippen LogP contribution >= 0.6 is 0 Å². The van der Waals surface area contributed by atoms with E-state index in [1.165, 1.54) is 4.57 Å². The predicted molar refractivity (Wildman–Crippen MR) is 120 cm³/mol. The van der Waals surface area contributed by atoms with Crippen molar-refractivity contribution >= 4 is 23.1 Å². The summed E-state index contributed by atoms with van der Waals surface area (Å²) in [6.45, 7) is 7.23. The van der Waals surface area contributed by atoms with Gasteiger partial charge in [0, 0.05) is 25.3 Å². The van der Waals surface area contributed by atoms with Gasteiger partial charge in [-0.25, -0.2) is 9.36 Å². The number of hydrogen-bond donors (Lipinski definition) is 2. The third-order valence-corrected chi connectivity index (χ3v) is 5.61. The number of anilines is 3. The molecular formula is C22H31N5O3. The van der Waals surface area contributed by atoms with Gasteiger partial charge in [-0.15, -0.1) is 0 Å². The first-order chi connectivity index (χ1) is 14.3. The molecule has 0 aliphatic carbocycles. The Labute approximate surface area is 176 Å². The molecule has 8 heteroatoms. The van der Waals surface area contributed by atoms with Gasteiger partial charge < -0.3 is 16.0 Å². The molecule has 1 aliphatic rings. The molecule has 30 heavy (non-hydrogen) atoms. The first kappa shape index (κ1) is 21.7. The summed E-state index contributed by atoms with van der Waals surface area (Å²) in [7, 11) is 0. The number of carbonyl (C=O) groups excluding carboxylic acids is 1. The Morgan fingerprint density at radius 1 is 1.07 bits per heavy atom. The second-order valence-corrected chi connectivity index (χ2v) is 7.92. The first-order valence-electron chi connectivity index (χ1n) is 10.6. The summed E-state index contributed by atoms with van der Waals surface area (Å²) in [5, 5.41) is 2.85. The van der Waals surface area contributed by atoms with Crippen LogP contribution in [0.1, 0.15) is 43.7 Å². The van der Waals surface area contributed by atoms with Gasteiger partial charge in [-0.1, -0.05) is 25.1 Å². The van der Waals surface area contributed by atoms with Crippen LogP contribution in [0.25, 0.3) is 0 Å². The Hall–Kier alpha value is -3.03. The average molecular weight is 414 g/mol. The molecule has 8 nitrogen and oxygen atoms in total. The van der Waals surface area contributed by atoms with Crippen molar-refractivity contribution < 1.29 is 4.79 Å². The summed E-state index contributed by atoms with van der Waals surface area (Å²) >= 11 is 0. The summed E-state index contributed by atoms with van der Waals surface area (Å²) < 4.78 is 2.43. The standard InChI is InChI=1S/C22H31N5O3/c1-4-11-26-20(23)19(25-12-6-5-7-13-25)21(29)27(22(26)30)14-17(28)24-18-15(2)9-8-10-16(18)3/h8-10H,4-7,11-14,23H2,1-3H3,(H,24,28). The largest absolute Gasteiger partial charge is 0.383 e. The molecule has 1 amide bonds. The van der Waals surface area contributed by atoms with Gasteiger partial charge in [0.2, 0.25) is 5.91 Å². The molecule has 1 aromatic heterocycles. The van der Waals surface area contributed by atoms with E-state index in [-0.39, 0.29) is 12.4 Å². The normalized spacial score (nSPS) is 14.0. The maximum absolute atomic E-state index is 13.2. The van der Waals surface area contributed by atoms with Gasteiger partial charge in [-0.3, -0.25) is 14.2 Å². The van der Waals surface area contributed by atoms with E-state index in [1.54, 1.807) is 0 Å². The minimum absolute atomic E-state index is 0.195. The van der Waals surface area contributed by atoms with Crippen molar-refractivity contribution in [2.45, 2.75) is 59.5 Å². The molecule has 0 atom stereocenters. The van der Waals surface area contributed by atoms with E-state index >= 15 is 0 Å².